The van der Waals surface area contributed by atoms with Gasteiger partial charge in [0, 0.05) is 37.1 Å². The van der Waals surface area contributed by atoms with Crippen molar-refractivity contribution in [2.75, 3.05) is 13.1 Å². The van der Waals surface area contributed by atoms with Crippen LogP contribution >= 0.6 is 0 Å². The van der Waals surface area contributed by atoms with E-state index in [2.05, 4.69) is 27.1 Å². The first-order valence-electron chi connectivity index (χ1n) is 8.20. The summed E-state index contributed by atoms with van der Waals surface area (Å²) < 4.78 is 0. The Balaban J connectivity index is 1.48. The highest BCUT2D eigenvalue weighted by molar-refractivity contribution is 5.90. The molecule has 1 fully saturated rings. The van der Waals surface area contributed by atoms with Crippen molar-refractivity contribution in [3.63, 3.8) is 0 Å². The van der Waals surface area contributed by atoms with Gasteiger partial charge in [0.1, 0.15) is 0 Å². The lowest BCUT2D eigenvalue weighted by molar-refractivity contribution is 0.0775. The maximum absolute atomic E-state index is 12.4. The number of fused-ring (bicyclic) bond motifs is 1. The lowest BCUT2D eigenvalue weighted by atomic mass is 9.96. The van der Waals surface area contributed by atoms with E-state index in [1.165, 1.54) is 10.9 Å². The molecule has 1 amide bonds. The zero-order valence-corrected chi connectivity index (χ0v) is 13.3. The van der Waals surface area contributed by atoms with Crippen molar-refractivity contribution in [1.82, 2.24) is 19.9 Å². The molecule has 2 aromatic heterocycles. The van der Waals surface area contributed by atoms with Crippen LogP contribution in [0.5, 0.6) is 0 Å². The summed E-state index contributed by atoms with van der Waals surface area (Å²) in [5, 5.41) is 1.20. The summed E-state index contributed by atoms with van der Waals surface area (Å²) in [6, 6.07) is 12.0. The third-order valence-corrected chi connectivity index (χ3v) is 4.58. The molecule has 3 heterocycles. The van der Waals surface area contributed by atoms with Gasteiger partial charge in [-0.25, -0.2) is 9.97 Å². The van der Waals surface area contributed by atoms with Crippen molar-refractivity contribution >= 4 is 16.8 Å². The van der Waals surface area contributed by atoms with Crippen LogP contribution in [0, 0.1) is 5.92 Å². The van der Waals surface area contributed by atoms with Crippen molar-refractivity contribution in [2.45, 2.75) is 12.8 Å². The van der Waals surface area contributed by atoms with Gasteiger partial charge in [0.25, 0.3) is 5.91 Å². The van der Waals surface area contributed by atoms with Gasteiger partial charge in [-0.3, -0.25) is 9.78 Å². The van der Waals surface area contributed by atoms with E-state index in [1.807, 2.05) is 29.3 Å². The van der Waals surface area contributed by atoms with Crippen molar-refractivity contribution < 1.29 is 4.79 Å². The Bertz CT molecular complexity index is 860. The SMILES string of the molecule is O=C(c1ncccn1)N1CCC(Cc2ccnc3ccccc23)C1. The van der Waals surface area contributed by atoms with Gasteiger partial charge in [0.2, 0.25) is 5.82 Å². The molecule has 1 aromatic carbocycles. The number of amides is 1. The minimum Gasteiger partial charge on any atom is -0.336 e. The number of pyridine rings is 1. The molecule has 1 aliphatic rings. The quantitative estimate of drug-likeness (QED) is 0.745. The van der Waals surface area contributed by atoms with Crippen LogP contribution in [0.4, 0.5) is 0 Å². The number of rotatable bonds is 3. The number of carbonyl (C=O) groups excluding carboxylic acids is 1. The van der Waals surface area contributed by atoms with Gasteiger partial charge in [-0.1, -0.05) is 18.2 Å². The van der Waals surface area contributed by atoms with Crippen LogP contribution in [0.3, 0.4) is 0 Å². The lowest BCUT2D eigenvalue weighted by Gasteiger charge is -2.16. The fraction of sp³-hybridized carbons (Fsp3) is 0.263. The molecule has 0 aliphatic carbocycles. The lowest BCUT2D eigenvalue weighted by Crippen LogP contribution is -2.30. The Kier molecular flexibility index (Phi) is 3.91. The molecule has 5 nitrogen and oxygen atoms in total. The molecule has 0 saturated carbocycles. The first-order valence-corrected chi connectivity index (χ1v) is 8.20. The van der Waals surface area contributed by atoms with E-state index in [9.17, 15) is 4.79 Å². The van der Waals surface area contributed by atoms with E-state index >= 15 is 0 Å². The van der Waals surface area contributed by atoms with Gasteiger partial charge in [0.05, 0.1) is 5.52 Å². The van der Waals surface area contributed by atoms with Crippen molar-refractivity contribution in [3.05, 3.63) is 66.4 Å². The Morgan fingerprint density at radius 2 is 1.88 bits per heavy atom. The highest BCUT2D eigenvalue weighted by Crippen LogP contribution is 2.25. The predicted octanol–water partition coefficient (Wildman–Crippen LogP) is 2.73. The van der Waals surface area contributed by atoms with Crippen LogP contribution in [0.2, 0.25) is 0 Å². The van der Waals surface area contributed by atoms with Gasteiger partial charge in [-0.15, -0.1) is 0 Å². The van der Waals surface area contributed by atoms with E-state index in [0.29, 0.717) is 5.92 Å². The summed E-state index contributed by atoms with van der Waals surface area (Å²) in [7, 11) is 0. The Morgan fingerprint density at radius 3 is 2.75 bits per heavy atom. The highest BCUT2D eigenvalue weighted by Gasteiger charge is 2.28. The summed E-state index contributed by atoms with van der Waals surface area (Å²) in [6.07, 6.45) is 7.05. The number of carbonyl (C=O) groups is 1. The van der Waals surface area contributed by atoms with Crippen LogP contribution < -0.4 is 0 Å². The normalized spacial score (nSPS) is 17.3. The van der Waals surface area contributed by atoms with Gasteiger partial charge < -0.3 is 4.90 Å². The Labute approximate surface area is 140 Å². The highest BCUT2D eigenvalue weighted by atomic mass is 16.2. The Hall–Kier alpha value is -2.82. The summed E-state index contributed by atoms with van der Waals surface area (Å²) >= 11 is 0. The van der Waals surface area contributed by atoms with Crippen molar-refractivity contribution in [1.29, 1.82) is 0 Å². The van der Waals surface area contributed by atoms with Gasteiger partial charge in [-0.05, 0) is 42.5 Å². The molecule has 1 aliphatic heterocycles. The number of likely N-dealkylation sites (tertiary alicyclic amines) is 1. The minimum atomic E-state index is -0.0716. The molecule has 4 rings (SSSR count). The number of benzene rings is 1. The molecule has 1 atom stereocenters. The third kappa shape index (κ3) is 2.85. The number of nitrogens with zero attached hydrogens (tertiary/aromatic N) is 4. The van der Waals surface area contributed by atoms with E-state index < -0.39 is 0 Å². The van der Waals surface area contributed by atoms with E-state index in [0.717, 1.165) is 31.4 Å². The fourth-order valence-corrected chi connectivity index (χ4v) is 3.38. The zero-order chi connectivity index (χ0) is 16.4. The molecular formula is C19H18N4O. The average molecular weight is 318 g/mol. The van der Waals surface area contributed by atoms with Crippen LogP contribution in [0.25, 0.3) is 10.9 Å². The molecular weight excluding hydrogens is 300 g/mol. The molecule has 1 unspecified atom stereocenters. The maximum atomic E-state index is 12.4. The molecule has 5 heteroatoms. The molecule has 1 saturated heterocycles. The summed E-state index contributed by atoms with van der Waals surface area (Å²) in [4.78, 5) is 26.9. The van der Waals surface area contributed by atoms with Crippen molar-refractivity contribution in [2.24, 2.45) is 5.92 Å². The first-order chi connectivity index (χ1) is 11.8. The topological polar surface area (TPSA) is 59.0 Å². The molecule has 3 aromatic rings. The predicted molar refractivity (Wildman–Crippen MR) is 91.5 cm³/mol. The minimum absolute atomic E-state index is 0.0716. The number of aromatic nitrogens is 3. The zero-order valence-electron chi connectivity index (χ0n) is 13.3. The van der Waals surface area contributed by atoms with Crippen LogP contribution in [-0.4, -0.2) is 38.8 Å². The molecule has 0 N–H and O–H groups in total. The molecule has 120 valence electrons. The van der Waals surface area contributed by atoms with Crippen LogP contribution in [-0.2, 0) is 6.42 Å². The maximum Gasteiger partial charge on any atom is 0.291 e. The van der Waals surface area contributed by atoms with Crippen LogP contribution in [0.15, 0.2) is 55.0 Å². The van der Waals surface area contributed by atoms with Gasteiger partial charge >= 0.3 is 0 Å². The van der Waals surface area contributed by atoms with E-state index in [-0.39, 0.29) is 11.7 Å². The second-order valence-electron chi connectivity index (χ2n) is 6.17. The summed E-state index contributed by atoms with van der Waals surface area (Å²) in [5.41, 5.74) is 2.33. The standard InChI is InChI=1S/C19H18N4O/c24-19(18-21-8-3-9-22-18)23-11-7-14(13-23)12-15-6-10-20-17-5-2-1-4-16(15)17/h1-6,8-10,14H,7,11-13H2. The largest absolute Gasteiger partial charge is 0.336 e. The monoisotopic (exact) mass is 318 g/mol. The van der Waals surface area contributed by atoms with Gasteiger partial charge in [0.15, 0.2) is 0 Å². The number of para-hydroxylation sites is 1. The second-order valence-corrected chi connectivity index (χ2v) is 6.17. The van der Waals surface area contributed by atoms with E-state index in [1.54, 1.807) is 18.5 Å². The fourth-order valence-electron chi connectivity index (χ4n) is 3.38. The summed E-state index contributed by atoms with van der Waals surface area (Å²) in [5.74, 6) is 0.675. The first kappa shape index (κ1) is 14.8. The van der Waals surface area contributed by atoms with E-state index in [4.69, 9.17) is 0 Å². The number of hydrogen-bond donors (Lipinski definition) is 0. The van der Waals surface area contributed by atoms with Gasteiger partial charge in [-0.2, -0.15) is 0 Å². The number of hydrogen-bond acceptors (Lipinski definition) is 4. The molecule has 0 radical (unpaired) electrons. The molecule has 0 bridgehead atoms. The summed E-state index contributed by atoms with van der Waals surface area (Å²) in [6.45, 7) is 1.53. The molecule has 24 heavy (non-hydrogen) atoms. The average Bonchev–Trinajstić information content (AvgIpc) is 3.11. The Morgan fingerprint density at radius 1 is 1.04 bits per heavy atom. The smallest absolute Gasteiger partial charge is 0.291 e. The van der Waals surface area contributed by atoms with Crippen molar-refractivity contribution in [3.8, 4) is 0 Å². The second kappa shape index (κ2) is 6.35. The van der Waals surface area contributed by atoms with Crippen LogP contribution in [0.1, 0.15) is 22.6 Å². The molecule has 0 spiro atoms. The third-order valence-electron chi connectivity index (χ3n) is 4.58.